The molecule has 1 saturated heterocycles. The quantitative estimate of drug-likeness (QED) is 0.0272. The maximum atomic E-state index is 12.6. The van der Waals surface area contributed by atoms with Crippen LogP contribution in [0.1, 0.15) is 206 Å². The molecule has 0 spiro atoms. The van der Waals surface area contributed by atoms with Gasteiger partial charge in [-0.1, -0.05) is 193 Å². The number of allylic oxidation sites excluding steroid dienone is 1. The van der Waals surface area contributed by atoms with E-state index < -0.39 is 49.5 Å². The van der Waals surface area contributed by atoms with E-state index in [2.05, 4.69) is 19.2 Å². The summed E-state index contributed by atoms with van der Waals surface area (Å²) in [5.74, 6) is -0.194. The Hall–Kier alpha value is -1.07. The highest BCUT2D eigenvalue weighted by Crippen LogP contribution is 2.23. The fraction of sp³-hybridized carbons (Fsp3) is 0.932. The van der Waals surface area contributed by atoms with Gasteiger partial charge in [-0.2, -0.15) is 0 Å². The van der Waals surface area contributed by atoms with Crippen LogP contribution in [-0.4, -0.2) is 87.5 Å². The van der Waals surface area contributed by atoms with E-state index in [0.717, 1.165) is 44.9 Å². The maximum Gasteiger partial charge on any atom is 0.220 e. The summed E-state index contributed by atoms with van der Waals surface area (Å²) in [6, 6.07) is -0.795. The predicted octanol–water partition coefficient (Wildman–Crippen LogP) is 8.95. The summed E-state index contributed by atoms with van der Waals surface area (Å²) in [4.78, 5) is 12.6. The Morgan fingerprint density at radius 1 is 0.623 bits per heavy atom. The van der Waals surface area contributed by atoms with Crippen LogP contribution in [0.25, 0.3) is 0 Å². The lowest BCUT2D eigenvalue weighted by atomic mass is 9.99. The Labute approximate surface area is 325 Å². The van der Waals surface area contributed by atoms with Crippen molar-refractivity contribution < 1.29 is 39.8 Å². The number of aliphatic hydroxyl groups excluding tert-OH is 5. The lowest BCUT2D eigenvalue weighted by Crippen LogP contribution is -2.60. The molecule has 0 aliphatic carbocycles. The molecule has 1 aliphatic heterocycles. The van der Waals surface area contributed by atoms with Gasteiger partial charge < -0.3 is 40.3 Å². The molecular weight excluding hydrogens is 670 g/mol. The maximum absolute atomic E-state index is 12.6. The first-order valence-electron chi connectivity index (χ1n) is 22.4. The lowest BCUT2D eigenvalue weighted by molar-refractivity contribution is -0.302. The average Bonchev–Trinajstić information content (AvgIpc) is 3.16. The fourth-order valence-electron chi connectivity index (χ4n) is 7.21. The van der Waals surface area contributed by atoms with Gasteiger partial charge in [-0.3, -0.25) is 4.79 Å². The van der Waals surface area contributed by atoms with Crippen molar-refractivity contribution in [1.29, 1.82) is 0 Å². The van der Waals surface area contributed by atoms with Crippen molar-refractivity contribution in [3.05, 3.63) is 12.2 Å². The van der Waals surface area contributed by atoms with E-state index in [-0.39, 0.29) is 12.5 Å². The number of aliphatic hydroxyl groups is 5. The van der Waals surface area contributed by atoms with Crippen molar-refractivity contribution in [2.75, 3.05) is 13.2 Å². The lowest BCUT2D eigenvalue weighted by Gasteiger charge is -2.40. The number of hydrogen-bond donors (Lipinski definition) is 6. The molecule has 1 aliphatic rings. The molecule has 0 aromatic carbocycles. The van der Waals surface area contributed by atoms with E-state index in [9.17, 15) is 30.3 Å². The van der Waals surface area contributed by atoms with E-state index in [1.165, 1.54) is 141 Å². The molecule has 1 rings (SSSR count). The second-order valence-electron chi connectivity index (χ2n) is 15.9. The number of carbonyl (C=O) groups excluding carboxylic acids is 1. The van der Waals surface area contributed by atoms with Crippen LogP contribution in [0.2, 0.25) is 0 Å². The van der Waals surface area contributed by atoms with E-state index in [4.69, 9.17) is 9.47 Å². The van der Waals surface area contributed by atoms with Crippen molar-refractivity contribution in [1.82, 2.24) is 5.32 Å². The molecule has 0 aromatic rings. The van der Waals surface area contributed by atoms with E-state index in [1.807, 2.05) is 6.08 Å². The molecule has 0 radical (unpaired) electrons. The number of hydrogen-bond acceptors (Lipinski definition) is 8. The van der Waals surface area contributed by atoms with Crippen LogP contribution in [0.3, 0.4) is 0 Å². The van der Waals surface area contributed by atoms with Gasteiger partial charge in [0.25, 0.3) is 0 Å². The van der Waals surface area contributed by atoms with Gasteiger partial charge in [-0.15, -0.1) is 0 Å². The third-order valence-electron chi connectivity index (χ3n) is 10.9. The monoisotopic (exact) mass is 756 g/mol. The standard InChI is InChI=1S/C44H85NO8/c1-3-5-7-9-10-11-12-13-14-15-16-17-18-19-20-21-22-23-24-25-26-27-28-29-30-31-33-38(47)37(45-40(48)34-32-8-6-4-2)36-52-44-43(51)42(50)41(49)39(35-46)53-44/h31,33,37-39,41-44,46-47,49-51H,3-30,32,34-36H2,1-2H3,(H,45,48)/b33-31+. The number of nitrogens with one attached hydrogen (secondary N) is 1. The van der Waals surface area contributed by atoms with Gasteiger partial charge in [-0.25, -0.2) is 0 Å². The molecule has 0 bridgehead atoms. The van der Waals surface area contributed by atoms with Gasteiger partial charge in [0, 0.05) is 6.42 Å². The van der Waals surface area contributed by atoms with Gasteiger partial charge in [-0.05, 0) is 19.3 Å². The molecule has 0 aromatic heterocycles. The van der Waals surface area contributed by atoms with Crippen molar-refractivity contribution in [3.8, 4) is 0 Å². The van der Waals surface area contributed by atoms with Crippen LogP contribution in [0.5, 0.6) is 0 Å². The molecule has 0 saturated carbocycles. The SMILES string of the molecule is CCCCCCCCCCCCCCCCCCCCCCCCCC/C=C/C(O)C(COC1OC(CO)C(O)C(O)C1O)NC(=O)CCCCCC. The average molecular weight is 756 g/mol. The van der Waals surface area contributed by atoms with Crippen molar-refractivity contribution in [2.45, 2.75) is 249 Å². The fourth-order valence-corrected chi connectivity index (χ4v) is 7.21. The molecule has 314 valence electrons. The van der Waals surface area contributed by atoms with Crippen molar-refractivity contribution in [2.24, 2.45) is 0 Å². The number of ether oxygens (including phenoxy) is 2. The van der Waals surface area contributed by atoms with E-state index in [0.29, 0.717) is 6.42 Å². The Bertz CT molecular complexity index is 842. The van der Waals surface area contributed by atoms with Crippen LogP contribution in [-0.2, 0) is 14.3 Å². The molecule has 9 heteroatoms. The molecular formula is C44H85NO8. The predicted molar refractivity (Wildman–Crippen MR) is 217 cm³/mol. The smallest absolute Gasteiger partial charge is 0.220 e. The van der Waals surface area contributed by atoms with Gasteiger partial charge in [0.2, 0.25) is 5.91 Å². The minimum atomic E-state index is -1.56. The van der Waals surface area contributed by atoms with E-state index >= 15 is 0 Å². The minimum absolute atomic E-state index is 0.186. The zero-order valence-electron chi connectivity index (χ0n) is 34.3. The second kappa shape index (κ2) is 35.4. The molecule has 1 fully saturated rings. The highest BCUT2D eigenvalue weighted by atomic mass is 16.7. The first kappa shape index (κ1) is 49.9. The summed E-state index contributed by atoms with van der Waals surface area (Å²) < 4.78 is 11.1. The van der Waals surface area contributed by atoms with Crippen molar-refractivity contribution >= 4 is 5.91 Å². The van der Waals surface area contributed by atoms with Crippen LogP contribution >= 0.6 is 0 Å². The van der Waals surface area contributed by atoms with Crippen LogP contribution in [0.4, 0.5) is 0 Å². The first-order chi connectivity index (χ1) is 25.8. The zero-order chi connectivity index (χ0) is 38.8. The number of unbranched alkanes of at least 4 members (excludes halogenated alkanes) is 27. The normalized spacial score (nSPS) is 21.7. The molecule has 6 N–H and O–H groups in total. The Morgan fingerprint density at radius 2 is 1.04 bits per heavy atom. The third kappa shape index (κ3) is 26.4. The summed E-state index contributed by atoms with van der Waals surface area (Å²) >= 11 is 0. The summed E-state index contributed by atoms with van der Waals surface area (Å²) in [5.41, 5.74) is 0. The largest absolute Gasteiger partial charge is 0.394 e. The minimum Gasteiger partial charge on any atom is -0.394 e. The Balaban J connectivity index is 2.13. The highest BCUT2D eigenvalue weighted by Gasteiger charge is 2.44. The highest BCUT2D eigenvalue weighted by molar-refractivity contribution is 5.76. The Morgan fingerprint density at radius 3 is 1.47 bits per heavy atom. The number of carbonyl (C=O) groups is 1. The topological polar surface area (TPSA) is 149 Å². The first-order valence-corrected chi connectivity index (χ1v) is 22.4. The number of rotatable bonds is 37. The molecule has 7 atom stereocenters. The van der Waals surface area contributed by atoms with Gasteiger partial charge in [0.15, 0.2) is 6.29 Å². The second-order valence-corrected chi connectivity index (χ2v) is 15.9. The third-order valence-corrected chi connectivity index (χ3v) is 10.9. The van der Waals surface area contributed by atoms with Crippen molar-refractivity contribution in [3.63, 3.8) is 0 Å². The zero-order valence-corrected chi connectivity index (χ0v) is 34.3. The van der Waals surface area contributed by atoms with Crippen LogP contribution in [0, 0.1) is 0 Å². The molecule has 7 unspecified atom stereocenters. The van der Waals surface area contributed by atoms with Gasteiger partial charge >= 0.3 is 0 Å². The Kier molecular flexibility index (Phi) is 33.3. The molecule has 1 amide bonds. The molecule has 1 heterocycles. The van der Waals surface area contributed by atoms with Crippen LogP contribution < -0.4 is 5.32 Å². The summed E-state index contributed by atoms with van der Waals surface area (Å²) in [6.45, 7) is 3.65. The summed E-state index contributed by atoms with van der Waals surface area (Å²) in [6.07, 6.45) is 33.4. The van der Waals surface area contributed by atoms with Crippen LogP contribution in [0.15, 0.2) is 12.2 Å². The van der Waals surface area contributed by atoms with Gasteiger partial charge in [0.05, 0.1) is 25.4 Å². The summed E-state index contributed by atoms with van der Waals surface area (Å²) in [7, 11) is 0. The van der Waals surface area contributed by atoms with E-state index in [1.54, 1.807) is 6.08 Å². The van der Waals surface area contributed by atoms with Gasteiger partial charge in [0.1, 0.15) is 24.4 Å². The number of amides is 1. The molecule has 9 nitrogen and oxygen atoms in total. The molecule has 53 heavy (non-hydrogen) atoms. The summed E-state index contributed by atoms with van der Waals surface area (Å²) in [5, 5.41) is 53.7.